The summed E-state index contributed by atoms with van der Waals surface area (Å²) in [5.74, 6) is 2.36. The lowest BCUT2D eigenvalue weighted by atomic mass is 9.43. The van der Waals surface area contributed by atoms with E-state index in [1.165, 1.54) is 25.7 Å². The first-order chi connectivity index (χ1) is 13.2. The van der Waals surface area contributed by atoms with E-state index in [2.05, 4.69) is 20.8 Å². The molecule has 4 nitrogen and oxygen atoms in total. The van der Waals surface area contributed by atoms with Crippen LogP contribution in [0, 0.1) is 46.3 Å². The topological polar surface area (TPSA) is 77.8 Å². The van der Waals surface area contributed by atoms with Gasteiger partial charge in [0.05, 0.1) is 12.2 Å². The Labute approximate surface area is 170 Å². The highest BCUT2D eigenvalue weighted by Crippen LogP contribution is 2.68. The van der Waals surface area contributed by atoms with Crippen LogP contribution in [0.1, 0.15) is 85.0 Å². The van der Waals surface area contributed by atoms with Crippen molar-refractivity contribution in [3.05, 3.63) is 0 Å². The highest BCUT2D eigenvalue weighted by atomic mass is 16.4. The highest BCUT2D eigenvalue weighted by molar-refractivity contribution is 5.66. The first kappa shape index (κ1) is 20.7. The normalized spacial score (nSPS) is 51.7. The SMILES string of the molecule is C[C@H](CCC(=O)O)[C@@H]1CC[C@@H]2[C@@H]3C(O)CC4CC(O)CC[C@]4(C)[C@@H]3CC[C@@]21C. The molecule has 0 saturated heterocycles. The third kappa shape index (κ3) is 3.14. The molecule has 0 bridgehead atoms. The van der Waals surface area contributed by atoms with Crippen LogP contribution in [0.2, 0.25) is 0 Å². The van der Waals surface area contributed by atoms with E-state index in [0.29, 0.717) is 35.5 Å². The first-order valence-corrected chi connectivity index (χ1v) is 11.7. The predicted molar refractivity (Wildman–Crippen MR) is 109 cm³/mol. The van der Waals surface area contributed by atoms with Gasteiger partial charge in [-0.05, 0) is 104 Å². The second-order valence-electron chi connectivity index (χ2n) is 11.4. The smallest absolute Gasteiger partial charge is 0.303 e. The summed E-state index contributed by atoms with van der Waals surface area (Å²) in [6, 6.07) is 0. The predicted octanol–water partition coefficient (Wildman–Crippen LogP) is 4.48. The number of aliphatic hydroxyl groups excluding tert-OH is 2. The number of hydrogen-bond donors (Lipinski definition) is 3. The molecular weight excluding hydrogens is 352 g/mol. The minimum Gasteiger partial charge on any atom is -0.481 e. The van der Waals surface area contributed by atoms with Crippen molar-refractivity contribution >= 4 is 5.97 Å². The molecule has 28 heavy (non-hydrogen) atoms. The van der Waals surface area contributed by atoms with Crippen molar-refractivity contribution in [1.82, 2.24) is 0 Å². The van der Waals surface area contributed by atoms with Crippen LogP contribution in [-0.4, -0.2) is 33.5 Å². The lowest BCUT2D eigenvalue weighted by Gasteiger charge is -2.62. The number of carbonyl (C=O) groups is 1. The molecule has 0 aromatic carbocycles. The van der Waals surface area contributed by atoms with E-state index in [-0.39, 0.29) is 29.5 Å². The molecule has 4 saturated carbocycles. The maximum atomic E-state index is 11.2. The molecule has 0 spiro atoms. The molecule has 0 radical (unpaired) electrons. The van der Waals surface area contributed by atoms with Crippen molar-refractivity contribution in [2.75, 3.05) is 0 Å². The Hall–Kier alpha value is -0.610. The van der Waals surface area contributed by atoms with Gasteiger partial charge in [0.2, 0.25) is 0 Å². The molecule has 0 amide bonds. The van der Waals surface area contributed by atoms with Crippen molar-refractivity contribution in [1.29, 1.82) is 0 Å². The number of aliphatic carboxylic acids is 1. The van der Waals surface area contributed by atoms with Crippen LogP contribution in [0.3, 0.4) is 0 Å². The van der Waals surface area contributed by atoms with Gasteiger partial charge in [-0.1, -0.05) is 20.8 Å². The molecule has 0 aromatic rings. The molecule has 0 aliphatic heterocycles. The number of rotatable bonds is 4. The van der Waals surface area contributed by atoms with Gasteiger partial charge in [-0.15, -0.1) is 0 Å². The van der Waals surface area contributed by atoms with Crippen LogP contribution in [-0.2, 0) is 4.79 Å². The summed E-state index contributed by atoms with van der Waals surface area (Å²) in [5, 5.41) is 30.5. The summed E-state index contributed by atoms with van der Waals surface area (Å²) >= 11 is 0. The Morgan fingerprint density at radius 1 is 1.00 bits per heavy atom. The van der Waals surface area contributed by atoms with Crippen LogP contribution in [0.15, 0.2) is 0 Å². The third-order valence-corrected chi connectivity index (χ3v) is 10.2. The average Bonchev–Trinajstić information content (AvgIpc) is 2.98. The molecule has 4 rings (SSSR count). The van der Waals surface area contributed by atoms with Gasteiger partial charge < -0.3 is 15.3 Å². The molecule has 160 valence electrons. The maximum Gasteiger partial charge on any atom is 0.303 e. The molecule has 4 fully saturated rings. The summed E-state index contributed by atoms with van der Waals surface area (Å²) in [4.78, 5) is 11.1. The van der Waals surface area contributed by atoms with Gasteiger partial charge in [-0.25, -0.2) is 0 Å². The van der Waals surface area contributed by atoms with Crippen molar-refractivity contribution in [2.45, 2.75) is 97.2 Å². The zero-order chi connectivity index (χ0) is 20.3. The molecular formula is C24H40O4. The fourth-order valence-electron chi connectivity index (χ4n) is 8.73. The zero-order valence-electron chi connectivity index (χ0n) is 17.9. The van der Waals surface area contributed by atoms with E-state index in [9.17, 15) is 15.0 Å². The van der Waals surface area contributed by atoms with Crippen molar-refractivity contribution in [2.24, 2.45) is 46.3 Å². The standard InChI is InChI=1S/C24H40O4/c1-14(4-7-21(27)28)17-5-6-18-22-19(9-11-24(17,18)3)23(2)10-8-16(25)12-15(23)13-20(22)26/h14-20,22,25-26H,4-13H2,1-3H3,(H,27,28)/t14-,15?,16?,17+,18-,19-,20?,22+,23+,24-/m1/s1. The molecule has 3 N–H and O–H groups in total. The second kappa shape index (κ2) is 7.27. The minimum absolute atomic E-state index is 0.179. The lowest BCUT2D eigenvalue weighted by Crippen LogP contribution is -2.58. The summed E-state index contributed by atoms with van der Waals surface area (Å²) in [7, 11) is 0. The molecule has 4 aliphatic rings. The monoisotopic (exact) mass is 392 g/mol. The quantitative estimate of drug-likeness (QED) is 0.659. The average molecular weight is 393 g/mol. The van der Waals surface area contributed by atoms with Crippen LogP contribution >= 0.6 is 0 Å². The second-order valence-corrected chi connectivity index (χ2v) is 11.4. The number of carboxylic acid groups (broad SMARTS) is 1. The van der Waals surface area contributed by atoms with E-state index in [1.807, 2.05) is 0 Å². The Bertz CT molecular complexity index is 605. The summed E-state index contributed by atoms with van der Waals surface area (Å²) in [6.07, 6.45) is 9.19. The minimum atomic E-state index is -0.684. The van der Waals surface area contributed by atoms with Gasteiger partial charge in [0.15, 0.2) is 0 Å². The maximum absolute atomic E-state index is 11.2. The lowest BCUT2D eigenvalue weighted by molar-refractivity contribution is -0.174. The molecule has 4 aliphatic carbocycles. The Kier molecular flexibility index (Phi) is 5.36. The molecule has 10 atom stereocenters. The van der Waals surface area contributed by atoms with Gasteiger partial charge in [-0.2, -0.15) is 0 Å². The highest BCUT2D eigenvalue weighted by Gasteiger charge is 2.62. The fraction of sp³-hybridized carbons (Fsp3) is 0.958. The number of carboxylic acids is 1. The van der Waals surface area contributed by atoms with Gasteiger partial charge in [-0.3, -0.25) is 4.79 Å². The summed E-state index contributed by atoms with van der Waals surface area (Å²) in [6.45, 7) is 7.16. The van der Waals surface area contributed by atoms with Crippen LogP contribution in [0.5, 0.6) is 0 Å². The molecule has 4 heteroatoms. The van der Waals surface area contributed by atoms with E-state index < -0.39 is 5.97 Å². The largest absolute Gasteiger partial charge is 0.481 e. The van der Waals surface area contributed by atoms with Gasteiger partial charge in [0.1, 0.15) is 0 Å². The number of hydrogen-bond acceptors (Lipinski definition) is 3. The number of fused-ring (bicyclic) bond motifs is 5. The van der Waals surface area contributed by atoms with E-state index in [0.717, 1.165) is 32.1 Å². The molecule has 0 heterocycles. The van der Waals surface area contributed by atoms with Gasteiger partial charge in [0.25, 0.3) is 0 Å². The van der Waals surface area contributed by atoms with Gasteiger partial charge in [0, 0.05) is 6.42 Å². The van der Waals surface area contributed by atoms with Crippen molar-refractivity contribution < 1.29 is 20.1 Å². The summed E-state index contributed by atoms with van der Waals surface area (Å²) in [5.41, 5.74) is 0.523. The Balaban J connectivity index is 1.55. The van der Waals surface area contributed by atoms with E-state index in [1.54, 1.807) is 0 Å². The Morgan fingerprint density at radius 3 is 2.39 bits per heavy atom. The van der Waals surface area contributed by atoms with Crippen LogP contribution < -0.4 is 0 Å². The van der Waals surface area contributed by atoms with Crippen LogP contribution in [0.25, 0.3) is 0 Å². The van der Waals surface area contributed by atoms with Crippen molar-refractivity contribution in [3.63, 3.8) is 0 Å². The van der Waals surface area contributed by atoms with E-state index in [4.69, 9.17) is 5.11 Å². The Morgan fingerprint density at radius 2 is 1.68 bits per heavy atom. The number of aliphatic hydroxyl groups is 2. The van der Waals surface area contributed by atoms with Crippen molar-refractivity contribution in [3.8, 4) is 0 Å². The first-order valence-electron chi connectivity index (χ1n) is 11.7. The fourth-order valence-corrected chi connectivity index (χ4v) is 8.73. The van der Waals surface area contributed by atoms with E-state index >= 15 is 0 Å². The molecule has 3 unspecified atom stereocenters. The zero-order valence-corrected chi connectivity index (χ0v) is 17.9. The molecule has 0 aromatic heterocycles. The summed E-state index contributed by atoms with van der Waals surface area (Å²) < 4.78 is 0. The van der Waals surface area contributed by atoms with Crippen LogP contribution in [0.4, 0.5) is 0 Å². The van der Waals surface area contributed by atoms with Gasteiger partial charge >= 0.3 is 5.97 Å². The third-order valence-electron chi connectivity index (χ3n) is 10.2.